The van der Waals surface area contributed by atoms with E-state index >= 15 is 0 Å². The van der Waals surface area contributed by atoms with Crippen LogP contribution in [-0.4, -0.2) is 36.7 Å². The fourth-order valence-corrected chi connectivity index (χ4v) is 4.73. The number of likely N-dealkylation sites (tertiary alicyclic amines) is 1. The molecule has 1 amide bonds. The normalized spacial score (nSPS) is 29.3. The molecule has 22 heavy (non-hydrogen) atoms. The number of rotatable bonds is 1. The number of fused-ring (bicyclic) bond motifs is 1. The molecule has 1 saturated carbocycles. The second-order valence-corrected chi connectivity index (χ2v) is 6.69. The van der Waals surface area contributed by atoms with Gasteiger partial charge >= 0.3 is 0 Å². The van der Waals surface area contributed by atoms with Crippen LogP contribution in [0.15, 0.2) is 23.2 Å². The van der Waals surface area contributed by atoms with Crippen LogP contribution in [0.25, 0.3) is 0 Å². The summed E-state index contributed by atoms with van der Waals surface area (Å²) < 4.78 is 5.53. The topological polar surface area (TPSA) is 41.9 Å². The average Bonchev–Trinajstić information content (AvgIpc) is 2.87. The number of para-hydroxylation sites is 1. The van der Waals surface area contributed by atoms with Crippen molar-refractivity contribution in [3.8, 4) is 5.75 Å². The summed E-state index contributed by atoms with van der Waals surface area (Å²) in [6, 6.07) is 6.29. The number of carbonyl (C=O) groups is 1. The average molecular weight is 298 g/mol. The van der Waals surface area contributed by atoms with Crippen LogP contribution < -0.4 is 4.74 Å². The Labute approximate surface area is 131 Å². The first-order valence-electron chi connectivity index (χ1n) is 8.18. The molecule has 0 radical (unpaired) electrons. The molecule has 4 heteroatoms. The molecule has 4 nitrogen and oxygen atoms in total. The number of aliphatic imine (C=N–C) groups is 1. The molecule has 0 N–H and O–H groups in total. The third-order valence-corrected chi connectivity index (χ3v) is 5.79. The largest absolute Gasteiger partial charge is 0.494 e. The van der Waals surface area contributed by atoms with Crippen LogP contribution in [-0.2, 0) is 10.2 Å². The number of nitrogens with zero attached hydrogens (tertiary/aromatic N) is 2. The van der Waals surface area contributed by atoms with Gasteiger partial charge in [-0.15, -0.1) is 0 Å². The van der Waals surface area contributed by atoms with E-state index in [9.17, 15) is 4.79 Å². The summed E-state index contributed by atoms with van der Waals surface area (Å²) in [6.07, 6.45) is 4.43. The van der Waals surface area contributed by atoms with E-state index in [0.29, 0.717) is 5.92 Å². The lowest BCUT2D eigenvalue weighted by Crippen LogP contribution is -2.55. The van der Waals surface area contributed by atoms with Crippen molar-refractivity contribution >= 4 is 17.3 Å². The van der Waals surface area contributed by atoms with Gasteiger partial charge in [-0.05, 0) is 43.2 Å². The van der Waals surface area contributed by atoms with Gasteiger partial charge < -0.3 is 9.64 Å². The molecule has 2 atom stereocenters. The maximum absolute atomic E-state index is 11.8. The van der Waals surface area contributed by atoms with Gasteiger partial charge in [-0.25, -0.2) is 0 Å². The maximum atomic E-state index is 11.8. The van der Waals surface area contributed by atoms with Gasteiger partial charge in [0.05, 0.1) is 7.11 Å². The second-order valence-electron chi connectivity index (χ2n) is 6.69. The molecule has 4 rings (SSSR count). The summed E-state index contributed by atoms with van der Waals surface area (Å²) in [4.78, 5) is 18.8. The van der Waals surface area contributed by atoms with Crippen molar-refractivity contribution in [2.45, 2.75) is 38.0 Å². The molecule has 1 aromatic carbocycles. The number of carbonyl (C=O) groups excluding carboxylic acids is 1. The fraction of sp³-hybridized carbons (Fsp3) is 0.556. The van der Waals surface area contributed by atoms with E-state index < -0.39 is 0 Å². The lowest BCUT2D eigenvalue weighted by atomic mass is 9.59. The van der Waals surface area contributed by atoms with Gasteiger partial charge in [-0.2, -0.15) is 0 Å². The van der Waals surface area contributed by atoms with E-state index in [1.54, 1.807) is 14.0 Å². The van der Waals surface area contributed by atoms with Gasteiger partial charge in [0, 0.05) is 31.1 Å². The van der Waals surface area contributed by atoms with Gasteiger partial charge in [0.15, 0.2) is 0 Å². The summed E-state index contributed by atoms with van der Waals surface area (Å²) in [5.74, 6) is 1.57. The summed E-state index contributed by atoms with van der Waals surface area (Å²) >= 11 is 0. The van der Waals surface area contributed by atoms with Crippen LogP contribution in [0.3, 0.4) is 0 Å². The van der Waals surface area contributed by atoms with Gasteiger partial charge in [-0.3, -0.25) is 9.79 Å². The lowest BCUT2D eigenvalue weighted by Gasteiger charge is -2.49. The third kappa shape index (κ3) is 1.70. The Morgan fingerprint density at radius 2 is 2.32 bits per heavy atom. The van der Waals surface area contributed by atoms with Crippen molar-refractivity contribution in [3.63, 3.8) is 0 Å². The molecule has 2 heterocycles. The Morgan fingerprint density at radius 1 is 1.45 bits per heavy atom. The Morgan fingerprint density at radius 3 is 3.09 bits per heavy atom. The SMILES string of the molecule is COc1cccc2c1N=C1CCC[C@@H]3CN(C(C)=O)CC[C@@]123. The van der Waals surface area contributed by atoms with E-state index in [0.717, 1.165) is 37.4 Å². The number of amides is 1. The number of piperidine rings is 1. The molecular weight excluding hydrogens is 276 g/mol. The summed E-state index contributed by atoms with van der Waals surface area (Å²) in [7, 11) is 1.71. The molecule has 0 unspecified atom stereocenters. The maximum Gasteiger partial charge on any atom is 0.219 e. The van der Waals surface area contributed by atoms with Crippen molar-refractivity contribution < 1.29 is 9.53 Å². The monoisotopic (exact) mass is 298 g/mol. The molecule has 1 aliphatic carbocycles. The third-order valence-electron chi connectivity index (χ3n) is 5.79. The van der Waals surface area contributed by atoms with E-state index in [-0.39, 0.29) is 11.3 Å². The van der Waals surface area contributed by atoms with Crippen molar-refractivity contribution in [3.05, 3.63) is 23.8 Å². The zero-order valence-corrected chi connectivity index (χ0v) is 13.3. The Hall–Kier alpha value is -1.84. The van der Waals surface area contributed by atoms with Crippen LogP contribution in [0.1, 0.15) is 38.2 Å². The smallest absolute Gasteiger partial charge is 0.219 e. The van der Waals surface area contributed by atoms with Crippen LogP contribution in [0.2, 0.25) is 0 Å². The predicted molar refractivity (Wildman–Crippen MR) is 86.0 cm³/mol. The molecule has 0 aromatic heterocycles. The van der Waals surface area contributed by atoms with Gasteiger partial charge in [0.25, 0.3) is 0 Å². The molecule has 2 aliphatic heterocycles. The van der Waals surface area contributed by atoms with Crippen LogP contribution in [0.5, 0.6) is 5.75 Å². The minimum atomic E-state index is 0.0497. The quantitative estimate of drug-likeness (QED) is 0.799. The Balaban J connectivity index is 1.82. The van der Waals surface area contributed by atoms with E-state index in [1.165, 1.54) is 24.1 Å². The highest BCUT2D eigenvalue weighted by molar-refractivity contribution is 6.04. The molecular formula is C18H22N2O2. The lowest BCUT2D eigenvalue weighted by molar-refractivity contribution is -0.131. The number of methoxy groups -OCH3 is 1. The Kier molecular flexibility index (Phi) is 3.03. The van der Waals surface area contributed by atoms with Crippen LogP contribution >= 0.6 is 0 Å². The molecule has 2 fully saturated rings. The Bertz CT molecular complexity index is 667. The van der Waals surface area contributed by atoms with Gasteiger partial charge in [-0.1, -0.05) is 12.1 Å². The van der Waals surface area contributed by atoms with Crippen molar-refractivity contribution in [1.82, 2.24) is 4.90 Å². The highest BCUT2D eigenvalue weighted by Crippen LogP contribution is 2.56. The molecule has 0 bridgehead atoms. The molecule has 1 saturated heterocycles. The van der Waals surface area contributed by atoms with Gasteiger partial charge in [0.2, 0.25) is 5.91 Å². The van der Waals surface area contributed by atoms with Gasteiger partial charge in [0.1, 0.15) is 11.4 Å². The highest BCUT2D eigenvalue weighted by atomic mass is 16.5. The van der Waals surface area contributed by atoms with E-state index in [2.05, 4.69) is 12.1 Å². The zero-order chi connectivity index (χ0) is 15.3. The summed E-state index contributed by atoms with van der Waals surface area (Å²) in [6.45, 7) is 3.38. The standard InChI is InChI=1S/C18H22N2O2/c1-12(21)20-10-9-18-13(11-20)5-3-8-16(18)19-17-14(18)6-4-7-15(17)22-2/h4,6-7,13H,3,5,8-11H2,1-2H3/t13-,18+/m1/s1. The highest BCUT2D eigenvalue weighted by Gasteiger charge is 2.53. The van der Waals surface area contributed by atoms with Crippen LogP contribution in [0.4, 0.5) is 5.69 Å². The van der Waals surface area contributed by atoms with Crippen LogP contribution in [0, 0.1) is 5.92 Å². The second kappa shape index (κ2) is 4.83. The predicted octanol–water partition coefficient (Wildman–Crippen LogP) is 3.07. The fourth-order valence-electron chi connectivity index (χ4n) is 4.73. The van der Waals surface area contributed by atoms with E-state index in [1.807, 2.05) is 11.0 Å². The zero-order valence-electron chi connectivity index (χ0n) is 13.3. The van der Waals surface area contributed by atoms with Crippen molar-refractivity contribution in [1.29, 1.82) is 0 Å². The first-order valence-corrected chi connectivity index (χ1v) is 8.18. The number of benzene rings is 1. The first-order chi connectivity index (χ1) is 10.7. The number of ether oxygens (including phenoxy) is 1. The van der Waals surface area contributed by atoms with Crippen molar-refractivity contribution in [2.24, 2.45) is 10.9 Å². The summed E-state index contributed by atoms with van der Waals surface area (Å²) in [5, 5.41) is 0. The number of hydrogen-bond donors (Lipinski definition) is 0. The summed E-state index contributed by atoms with van der Waals surface area (Å²) in [5.41, 5.74) is 3.73. The van der Waals surface area contributed by atoms with Crippen molar-refractivity contribution in [2.75, 3.05) is 20.2 Å². The minimum absolute atomic E-state index is 0.0497. The molecule has 1 spiro atoms. The number of hydrogen-bond acceptors (Lipinski definition) is 3. The molecule has 116 valence electrons. The molecule has 1 aromatic rings. The minimum Gasteiger partial charge on any atom is -0.494 e. The van der Waals surface area contributed by atoms with E-state index in [4.69, 9.17) is 9.73 Å². The molecule has 3 aliphatic rings. The first kappa shape index (κ1) is 13.8.